The van der Waals surface area contributed by atoms with Gasteiger partial charge in [0.05, 0.1) is 41.4 Å². The van der Waals surface area contributed by atoms with E-state index in [1.54, 1.807) is 12.3 Å². The highest BCUT2D eigenvalue weighted by Crippen LogP contribution is 2.33. The third kappa shape index (κ3) is 4.67. The number of aldehydes is 1. The van der Waals surface area contributed by atoms with E-state index in [1.807, 2.05) is 12.1 Å². The molecule has 2 aliphatic rings. The molecule has 32 heavy (non-hydrogen) atoms. The zero-order valence-electron chi connectivity index (χ0n) is 18.9. The molecule has 1 saturated heterocycles. The highest BCUT2D eigenvalue weighted by molar-refractivity contribution is 6.03. The maximum absolute atomic E-state index is 11.2. The van der Waals surface area contributed by atoms with Crippen LogP contribution in [0, 0.1) is 11.3 Å². The molecular formula is C25H31N5O2. The number of carbonyl (C=O) groups is 1. The monoisotopic (exact) mass is 433 g/mol. The van der Waals surface area contributed by atoms with E-state index in [1.165, 1.54) is 25.7 Å². The molecule has 3 aromatic rings. The average Bonchev–Trinajstić information content (AvgIpc) is 3.47. The lowest BCUT2D eigenvalue weighted by molar-refractivity contribution is -0.107. The number of pyridine rings is 1. The molecule has 0 amide bonds. The van der Waals surface area contributed by atoms with Gasteiger partial charge in [-0.25, -0.2) is 4.98 Å². The Labute approximate surface area is 188 Å². The number of nitrogens with one attached hydrogen (secondary N) is 1. The van der Waals surface area contributed by atoms with Crippen LogP contribution in [0.25, 0.3) is 21.9 Å². The van der Waals surface area contributed by atoms with Crippen molar-refractivity contribution in [2.75, 3.05) is 13.7 Å². The van der Waals surface area contributed by atoms with Gasteiger partial charge in [-0.2, -0.15) is 5.26 Å². The molecule has 2 fully saturated rings. The third-order valence-electron chi connectivity index (χ3n) is 6.57. The minimum absolute atomic E-state index is 0.169. The van der Waals surface area contributed by atoms with E-state index in [-0.39, 0.29) is 18.6 Å². The summed E-state index contributed by atoms with van der Waals surface area (Å²) in [6, 6.07) is 8.74. The van der Waals surface area contributed by atoms with Crippen LogP contribution in [0.5, 0.6) is 0 Å². The third-order valence-corrected chi connectivity index (χ3v) is 6.57. The second-order valence-corrected chi connectivity index (χ2v) is 8.73. The Balaban J connectivity index is 0.000000300. The van der Waals surface area contributed by atoms with Crippen molar-refractivity contribution in [1.29, 1.82) is 5.26 Å². The van der Waals surface area contributed by atoms with E-state index in [0.29, 0.717) is 12.2 Å². The van der Waals surface area contributed by atoms with Crippen molar-refractivity contribution in [2.45, 2.75) is 70.1 Å². The predicted octanol–water partition coefficient (Wildman–Crippen LogP) is 4.09. The van der Waals surface area contributed by atoms with Gasteiger partial charge in [0.25, 0.3) is 0 Å². The number of ether oxygens (including phenoxy) is 1. The Morgan fingerprint density at radius 2 is 2.09 bits per heavy atom. The van der Waals surface area contributed by atoms with Crippen molar-refractivity contribution >= 4 is 28.2 Å². The van der Waals surface area contributed by atoms with Crippen LogP contribution in [-0.2, 0) is 16.0 Å². The summed E-state index contributed by atoms with van der Waals surface area (Å²) >= 11 is 0. The molecule has 2 atom stereocenters. The van der Waals surface area contributed by atoms with Crippen LogP contribution in [0.4, 0.5) is 0 Å². The van der Waals surface area contributed by atoms with E-state index < -0.39 is 0 Å². The lowest BCUT2D eigenvalue weighted by Gasteiger charge is -2.30. The summed E-state index contributed by atoms with van der Waals surface area (Å²) in [5.41, 5.74) is 3.13. The van der Waals surface area contributed by atoms with Crippen LogP contribution in [0.15, 0.2) is 24.4 Å². The van der Waals surface area contributed by atoms with E-state index in [2.05, 4.69) is 39.9 Å². The van der Waals surface area contributed by atoms with Crippen molar-refractivity contribution < 1.29 is 9.53 Å². The van der Waals surface area contributed by atoms with Gasteiger partial charge in [0.2, 0.25) is 0 Å². The Morgan fingerprint density at radius 1 is 1.28 bits per heavy atom. The first-order valence-electron chi connectivity index (χ1n) is 11.6. The molecule has 0 radical (unpaired) electrons. The number of rotatable bonds is 4. The van der Waals surface area contributed by atoms with Crippen molar-refractivity contribution in [3.8, 4) is 6.07 Å². The first-order chi connectivity index (χ1) is 15.6. The standard InChI is InChI=1S/C19H18N4O2.C6H13N/c1-12-8-14(5-7-25-12)23-18(4-6-24)22-17-11-21-16-3-2-13(10-20)9-15(16)19(17)23;1-7-6-4-2-3-5-6/h2-3,6,9,11-12,14H,4-5,7-8H2,1H3;6-7H,2-5H2,1H3. The number of fused-ring (bicyclic) bond motifs is 3. The highest BCUT2D eigenvalue weighted by atomic mass is 16.5. The van der Waals surface area contributed by atoms with Crippen LogP contribution in [0.2, 0.25) is 0 Å². The lowest BCUT2D eigenvalue weighted by Crippen LogP contribution is -2.26. The smallest absolute Gasteiger partial charge is 0.127 e. The summed E-state index contributed by atoms with van der Waals surface area (Å²) in [5.74, 6) is 0.751. The normalized spacial score (nSPS) is 21.3. The largest absolute Gasteiger partial charge is 0.378 e. The van der Waals surface area contributed by atoms with Crippen molar-refractivity contribution in [2.24, 2.45) is 0 Å². The zero-order chi connectivity index (χ0) is 22.5. The Kier molecular flexibility index (Phi) is 7.13. The summed E-state index contributed by atoms with van der Waals surface area (Å²) in [7, 11) is 2.05. The minimum Gasteiger partial charge on any atom is -0.378 e. The Hall–Kier alpha value is -2.82. The fourth-order valence-corrected chi connectivity index (χ4v) is 4.93. The molecule has 2 unspecified atom stereocenters. The quantitative estimate of drug-likeness (QED) is 0.623. The fourth-order valence-electron chi connectivity index (χ4n) is 4.93. The number of hydrogen-bond donors (Lipinski definition) is 1. The van der Waals surface area contributed by atoms with Crippen molar-refractivity contribution in [1.82, 2.24) is 19.9 Å². The maximum Gasteiger partial charge on any atom is 0.127 e. The molecule has 5 rings (SSSR count). The molecule has 2 aromatic heterocycles. The van der Waals surface area contributed by atoms with Gasteiger partial charge in [-0.15, -0.1) is 0 Å². The molecule has 7 heteroatoms. The molecule has 1 aliphatic heterocycles. The zero-order valence-corrected chi connectivity index (χ0v) is 18.9. The number of aromatic nitrogens is 3. The maximum atomic E-state index is 11.2. The number of imidazole rings is 1. The van der Waals surface area contributed by atoms with Crippen LogP contribution in [0.3, 0.4) is 0 Å². The van der Waals surface area contributed by atoms with E-state index in [4.69, 9.17) is 4.74 Å². The van der Waals surface area contributed by atoms with Crippen LogP contribution >= 0.6 is 0 Å². The lowest BCUT2D eigenvalue weighted by atomic mass is 10.0. The van der Waals surface area contributed by atoms with Gasteiger partial charge in [-0.05, 0) is 57.9 Å². The fraction of sp³-hybridized carbons (Fsp3) is 0.520. The van der Waals surface area contributed by atoms with Gasteiger partial charge in [0, 0.05) is 24.1 Å². The first-order valence-corrected chi connectivity index (χ1v) is 11.6. The first kappa shape index (κ1) is 22.4. The second-order valence-electron chi connectivity index (χ2n) is 8.73. The molecule has 7 nitrogen and oxygen atoms in total. The number of benzene rings is 1. The highest BCUT2D eigenvalue weighted by Gasteiger charge is 2.26. The topological polar surface area (TPSA) is 92.8 Å². The molecule has 0 bridgehead atoms. The van der Waals surface area contributed by atoms with Gasteiger partial charge in [0.15, 0.2) is 0 Å². The van der Waals surface area contributed by atoms with Gasteiger partial charge >= 0.3 is 0 Å². The molecule has 168 valence electrons. The molecular weight excluding hydrogens is 402 g/mol. The number of nitrogens with zero attached hydrogens (tertiary/aromatic N) is 4. The van der Waals surface area contributed by atoms with Crippen molar-refractivity contribution in [3.63, 3.8) is 0 Å². The SMILES string of the molecule is CC1CC(n2c(CC=O)nc3cnc4ccc(C#N)cc4c32)CCO1.CNC1CCCC1. The average molecular weight is 434 g/mol. The summed E-state index contributed by atoms with van der Waals surface area (Å²) in [6.45, 7) is 2.76. The second kappa shape index (κ2) is 10.2. The summed E-state index contributed by atoms with van der Waals surface area (Å²) < 4.78 is 7.86. The molecule has 1 saturated carbocycles. The molecule has 3 heterocycles. The summed E-state index contributed by atoms with van der Waals surface area (Å²) in [5, 5.41) is 13.4. The number of hydrogen-bond acceptors (Lipinski definition) is 6. The van der Waals surface area contributed by atoms with Crippen LogP contribution < -0.4 is 5.32 Å². The van der Waals surface area contributed by atoms with Gasteiger partial charge in [-0.1, -0.05) is 12.8 Å². The van der Waals surface area contributed by atoms with Gasteiger partial charge in [-0.3, -0.25) is 4.98 Å². The van der Waals surface area contributed by atoms with Crippen LogP contribution in [0.1, 0.15) is 62.9 Å². The Morgan fingerprint density at radius 3 is 2.75 bits per heavy atom. The predicted molar refractivity (Wildman–Crippen MR) is 125 cm³/mol. The molecule has 1 N–H and O–H groups in total. The number of nitriles is 1. The molecule has 1 aliphatic carbocycles. The summed E-state index contributed by atoms with van der Waals surface area (Å²) in [4.78, 5) is 20.3. The number of carbonyl (C=O) groups excluding carboxylic acids is 1. The van der Waals surface area contributed by atoms with E-state index in [0.717, 1.165) is 52.9 Å². The van der Waals surface area contributed by atoms with Gasteiger partial charge < -0.3 is 19.4 Å². The van der Waals surface area contributed by atoms with E-state index >= 15 is 0 Å². The molecule has 0 spiro atoms. The molecule has 1 aromatic carbocycles. The minimum atomic E-state index is 0.169. The van der Waals surface area contributed by atoms with Crippen LogP contribution in [-0.4, -0.2) is 46.6 Å². The van der Waals surface area contributed by atoms with E-state index in [9.17, 15) is 10.1 Å². The van der Waals surface area contributed by atoms with Crippen molar-refractivity contribution in [3.05, 3.63) is 35.8 Å². The van der Waals surface area contributed by atoms with Gasteiger partial charge in [0.1, 0.15) is 17.6 Å². The summed E-state index contributed by atoms with van der Waals surface area (Å²) in [6.07, 6.45) is 10.5. The Bertz CT molecular complexity index is 1130.